The number of amides is 3. The van der Waals surface area contributed by atoms with E-state index in [2.05, 4.69) is 19.9 Å². The summed E-state index contributed by atoms with van der Waals surface area (Å²) in [5, 5.41) is 6.44. The van der Waals surface area contributed by atoms with Gasteiger partial charge in [0.25, 0.3) is 5.91 Å². The number of carbonyl (C=O) groups excluding carboxylic acids is 3. The summed E-state index contributed by atoms with van der Waals surface area (Å²) in [7, 11) is 1.62. The summed E-state index contributed by atoms with van der Waals surface area (Å²) in [6.45, 7) is 0.0719. The van der Waals surface area contributed by atoms with Crippen LogP contribution >= 0.6 is 0 Å². The Kier molecular flexibility index (Phi) is 4.66. The zero-order valence-electron chi connectivity index (χ0n) is 18.7. The van der Waals surface area contributed by atoms with E-state index < -0.39 is 35.9 Å². The molecule has 9 nitrogen and oxygen atoms in total. The SMILES string of the molecule is Cn1ncc(-c2cc3c(cc2F)C(=O)N(C2CCC(=O)NC2=O)C3)c1-c1ccc2c(c1)OC(F)(F)O2. The average molecular weight is 498 g/mol. The number of alkyl halides is 2. The standard InChI is InChI=1S/C24H17F3N4O5/c1-30-21(11-2-4-18-19(7-11)36-24(26,27)35-18)15(9-28-30)14-6-12-10-31(23(34)13(12)8-16(14)25)17-3-5-20(32)29-22(17)33/h2,4,6-9,17H,3,5,10H2,1H3,(H,29,32,33). The Morgan fingerprint density at radius 2 is 1.83 bits per heavy atom. The molecule has 3 amide bonds. The van der Waals surface area contributed by atoms with Gasteiger partial charge in [0, 0.05) is 42.3 Å². The minimum absolute atomic E-state index is 0.0719. The zero-order valence-corrected chi connectivity index (χ0v) is 18.7. The monoisotopic (exact) mass is 498 g/mol. The van der Waals surface area contributed by atoms with Gasteiger partial charge in [-0.1, -0.05) is 0 Å². The van der Waals surface area contributed by atoms with Crippen LogP contribution in [0.4, 0.5) is 13.2 Å². The lowest BCUT2D eigenvalue weighted by molar-refractivity contribution is -0.286. The van der Waals surface area contributed by atoms with E-state index in [1.54, 1.807) is 7.05 Å². The molecule has 3 aromatic rings. The number of rotatable bonds is 3. The highest BCUT2D eigenvalue weighted by atomic mass is 19.3. The summed E-state index contributed by atoms with van der Waals surface area (Å²) >= 11 is 0. The predicted octanol–water partition coefficient (Wildman–Crippen LogP) is 2.98. The van der Waals surface area contributed by atoms with E-state index in [1.165, 1.54) is 40.0 Å². The molecule has 0 saturated carbocycles. The van der Waals surface area contributed by atoms with Crippen molar-refractivity contribution in [2.75, 3.05) is 0 Å². The normalized spacial score (nSPS) is 20.1. The van der Waals surface area contributed by atoms with Crippen molar-refractivity contribution in [2.24, 2.45) is 7.05 Å². The number of aromatic nitrogens is 2. The van der Waals surface area contributed by atoms with Crippen LogP contribution in [0.2, 0.25) is 0 Å². The molecule has 0 spiro atoms. The second kappa shape index (κ2) is 7.57. The maximum Gasteiger partial charge on any atom is 0.586 e. The van der Waals surface area contributed by atoms with Crippen molar-refractivity contribution in [1.29, 1.82) is 0 Å². The Bertz CT molecular complexity index is 1480. The van der Waals surface area contributed by atoms with Gasteiger partial charge >= 0.3 is 6.29 Å². The number of fused-ring (bicyclic) bond motifs is 2. The van der Waals surface area contributed by atoms with E-state index in [0.29, 0.717) is 22.4 Å². The lowest BCUT2D eigenvalue weighted by Crippen LogP contribution is -2.52. The first kappa shape index (κ1) is 22.1. The fourth-order valence-electron chi connectivity index (χ4n) is 4.87. The van der Waals surface area contributed by atoms with Crippen LogP contribution in [0.15, 0.2) is 36.5 Å². The van der Waals surface area contributed by atoms with Crippen molar-refractivity contribution in [3.63, 3.8) is 0 Å². The Labute approximate surface area is 201 Å². The van der Waals surface area contributed by atoms with Crippen LogP contribution in [0.5, 0.6) is 11.5 Å². The van der Waals surface area contributed by atoms with Crippen LogP contribution in [0.25, 0.3) is 22.4 Å². The number of nitrogens with one attached hydrogen (secondary N) is 1. The van der Waals surface area contributed by atoms with Gasteiger partial charge in [0.2, 0.25) is 11.8 Å². The number of benzene rings is 2. The smallest absolute Gasteiger partial charge is 0.395 e. The van der Waals surface area contributed by atoms with Crippen LogP contribution < -0.4 is 14.8 Å². The number of piperidine rings is 1. The molecule has 3 aliphatic rings. The number of hydrogen-bond donors (Lipinski definition) is 1. The third kappa shape index (κ3) is 3.40. The van der Waals surface area contributed by atoms with Crippen molar-refractivity contribution in [3.05, 3.63) is 53.5 Å². The molecule has 1 aromatic heterocycles. The fourth-order valence-corrected chi connectivity index (χ4v) is 4.87. The van der Waals surface area contributed by atoms with Gasteiger partial charge in [0.15, 0.2) is 11.5 Å². The summed E-state index contributed by atoms with van der Waals surface area (Å²) in [5.74, 6) is -2.42. The lowest BCUT2D eigenvalue weighted by Gasteiger charge is -2.29. The topological polar surface area (TPSA) is 103 Å². The Balaban J connectivity index is 1.37. The largest absolute Gasteiger partial charge is 0.586 e. The lowest BCUT2D eigenvalue weighted by atomic mass is 9.97. The van der Waals surface area contributed by atoms with Crippen molar-refractivity contribution in [2.45, 2.75) is 31.7 Å². The average Bonchev–Trinajstić information content (AvgIpc) is 3.44. The Morgan fingerprint density at radius 3 is 2.61 bits per heavy atom. The Morgan fingerprint density at radius 1 is 1.06 bits per heavy atom. The van der Waals surface area contributed by atoms with E-state index in [0.717, 1.165) is 6.07 Å². The highest BCUT2D eigenvalue weighted by Crippen LogP contribution is 2.44. The third-order valence-electron chi connectivity index (χ3n) is 6.51. The maximum atomic E-state index is 15.4. The number of carbonyl (C=O) groups is 3. The van der Waals surface area contributed by atoms with Gasteiger partial charge < -0.3 is 14.4 Å². The van der Waals surface area contributed by atoms with E-state index in [1.807, 2.05) is 0 Å². The molecule has 1 unspecified atom stereocenters. The molecule has 12 heteroatoms. The van der Waals surface area contributed by atoms with E-state index in [9.17, 15) is 23.2 Å². The molecule has 184 valence electrons. The van der Waals surface area contributed by atoms with Gasteiger partial charge in [-0.3, -0.25) is 24.4 Å². The minimum atomic E-state index is -3.77. The second-order valence-corrected chi connectivity index (χ2v) is 8.75. The number of hydrogen-bond acceptors (Lipinski definition) is 6. The molecule has 1 atom stereocenters. The van der Waals surface area contributed by atoms with Crippen LogP contribution in [-0.4, -0.2) is 44.7 Å². The predicted molar refractivity (Wildman–Crippen MR) is 116 cm³/mol. The van der Waals surface area contributed by atoms with E-state index >= 15 is 4.39 Å². The minimum Gasteiger partial charge on any atom is -0.395 e. The van der Waals surface area contributed by atoms with Crippen molar-refractivity contribution >= 4 is 17.7 Å². The first-order chi connectivity index (χ1) is 17.1. The molecular weight excluding hydrogens is 481 g/mol. The fraction of sp³-hybridized carbons (Fsp3) is 0.250. The maximum absolute atomic E-state index is 15.4. The third-order valence-corrected chi connectivity index (χ3v) is 6.51. The highest BCUT2D eigenvalue weighted by molar-refractivity contribution is 6.05. The van der Waals surface area contributed by atoms with E-state index in [4.69, 9.17) is 0 Å². The first-order valence-corrected chi connectivity index (χ1v) is 11.0. The highest BCUT2D eigenvalue weighted by Gasteiger charge is 2.44. The van der Waals surface area contributed by atoms with Gasteiger partial charge in [0.05, 0.1) is 11.9 Å². The summed E-state index contributed by atoms with van der Waals surface area (Å²) in [6.07, 6.45) is -2.04. The number of halogens is 3. The van der Waals surface area contributed by atoms with Crippen molar-refractivity contribution < 1.29 is 37.0 Å². The summed E-state index contributed by atoms with van der Waals surface area (Å²) in [5.41, 5.74) is 2.04. The van der Waals surface area contributed by atoms with Gasteiger partial charge in [-0.2, -0.15) is 5.10 Å². The number of imide groups is 1. The molecule has 36 heavy (non-hydrogen) atoms. The molecule has 1 fully saturated rings. The van der Waals surface area contributed by atoms with Gasteiger partial charge in [-0.05, 0) is 42.3 Å². The molecular formula is C24H17F3N4O5. The van der Waals surface area contributed by atoms with Gasteiger partial charge in [-0.25, -0.2) is 4.39 Å². The molecule has 1 saturated heterocycles. The molecule has 0 aliphatic carbocycles. The molecule has 4 heterocycles. The molecule has 2 aromatic carbocycles. The van der Waals surface area contributed by atoms with E-state index in [-0.39, 0.29) is 42.0 Å². The van der Waals surface area contributed by atoms with Gasteiger partial charge in [-0.15, -0.1) is 8.78 Å². The summed E-state index contributed by atoms with van der Waals surface area (Å²) in [4.78, 5) is 38.1. The van der Waals surface area contributed by atoms with Crippen LogP contribution in [0.3, 0.4) is 0 Å². The number of ether oxygens (including phenoxy) is 2. The van der Waals surface area contributed by atoms with Crippen LogP contribution in [-0.2, 0) is 23.2 Å². The summed E-state index contributed by atoms with van der Waals surface area (Å²) in [6, 6.07) is 6.04. The Hall–Kier alpha value is -4.35. The first-order valence-electron chi connectivity index (χ1n) is 11.0. The summed E-state index contributed by atoms with van der Waals surface area (Å²) < 4.78 is 52.8. The molecule has 3 aliphatic heterocycles. The quantitative estimate of drug-likeness (QED) is 0.557. The second-order valence-electron chi connectivity index (χ2n) is 8.75. The number of aryl methyl sites for hydroxylation is 1. The van der Waals surface area contributed by atoms with Gasteiger partial charge in [0.1, 0.15) is 11.9 Å². The molecule has 1 N–H and O–H groups in total. The van der Waals surface area contributed by atoms with Crippen LogP contribution in [0, 0.1) is 5.82 Å². The number of nitrogens with zero attached hydrogens (tertiary/aromatic N) is 3. The van der Waals surface area contributed by atoms with Crippen molar-refractivity contribution in [1.82, 2.24) is 20.0 Å². The zero-order chi connectivity index (χ0) is 25.4. The van der Waals surface area contributed by atoms with Crippen molar-refractivity contribution in [3.8, 4) is 33.9 Å². The molecule has 0 bridgehead atoms. The van der Waals surface area contributed by atoms with Crippen LogP contribution in [0.1, 0.15) is 28.8 Å². The molecule has 6 rings (SSSR count). The molecule has 0 radical (unpaired) electrons.